The Kier molecular flexibility index (Phi) is 4.83. The zero-order valence-corrected chi connectivity index (χ0v) is 8.68. The quantitative estimate of drug-likeness (QED) is 0.471. The minimum atomic E-state index is 0.226. The van der Waals surface area contributed by atoms with Gasteiger partial charge in [-0.15, -0.1) is 0 Å². The summed E-state index contributed by atoms with van der Waals surface area (Å²) < 4.78 is 9.97. The molecule has 1 N–H and O–H groups in total. The third-order valence-electron chi connectivity index (χ3n) is 0.846. The minimum absolute atomic E-state index is 0.226. The number of ether oxygens (including phenoxy) is 2. The van der Waals surface area contributed by atoms with Crippen molar-refractivity contribution in [2.24, 2.45) is 0 Å². The summed E-state index contributed by atoms with van der Waals surface area (Å²) in [6.07, 6.45) is 0. The first kappa shape index (κ1) is 9.36. The maximum atomic E-state index is 8.97. The van der Waals surface area contributed by atoms with Crippen LogP contribution in [-0.2, 0) is 9.47 Å². The van der Waals surface area contributed by atoms with Gasteiger partial charge < -0.3 is 14.6 Å². The maximum absolute atomic E-state index is 8.97. The lowest BCUT2D eigenvalue weighted by Gasteiger charge is -2.08. The van der Waals surface area contributed by atoms with Gasteiger partial charge in [0.05, 0.1) is 23.5 Å². The average molecular weight is 162 g/mol. The first-order valence-electron chi connectivity index (χ1n) is 3.37. The monoisotopic (exact) mass is 162 g/mol. The van der Waals surface area contributed by atoms with Crippen LogP contribution in [-0.4, -0.2) is 28.6 Å². The van der Waals surface area contributed by atoms with Crippen molar-refractivity contribution in [2.75, 3.05) is 13.2 Å². The van der Waals surface area contributed by atoms with Crippen molar-refractivity contribution in [1.82, 2.24) is 0 Å². The van der Waals surface area contributed by atoms with E-state index in [2.05, 4.69) is 0 Å². The van der Waals surface area contributed by atoms with Gasteiger partial charge in [-0.25, -0.2) is 0 Å². The molecular formula is C6H14O3Si. The third kappa shape index (κ3) is 3.40. The van der Waals surface area contributed by atoms with Gasteiger partial charge in [0.25, 0.3) is 0 Å². The molecule has 0 aromatic heterocycles. The minimum Gasteiger partial charge on any atom is -0.511 e. The van der Waals surface area contributed by atoms with Crippen LogP contribution in [0.15, 0.2) is 11.3 Å². The van der Waals surface area contributed by atoms with E-state index in [1.807, 2.05) is 13.8 Å². The highest BCUT2D eigenvalue weighted by Gasteiger charge is 2.00. The summed E-state index contributed by atoms with van der Waals surface area (Å²) in [6, 6.07) is 0. The van der Waals surface area contributed by atoms with Gasteiger partial charge in [-0.1, -0.05) is 0 Å². The molecule has 4 heteroatoms. The van der Waals surface area contributed by atoms with Crippen LogP contribution in [0.4, 0.5) is 0 Å². The van der Waals surface area contributed by atoms with Crippen LogP contribution >= 0.6 is 0 Å². The molecule has 0 aliphatic heterocycles. The molecular weight excluding hydrogens is 148 g/mol. The van der Waals surface area contributed by atoms with Gasteiger partial charge in [0.2, 0.25) is 0 Å². The standard InChI is InChI=1S/C6H14O3Si/c1-3-8-6(5(7)10)9-4-2/h7H,3-4H2,1-2,10H3. The fourth-order valence-electron chi connectivity index (χ4n) is 0.513. The summed E-state index contributed by atoms with van der Waals surface area (Å²) in [5, 5.41) is 9.19. The highest BCUT2D eigenvalue weighted by molar-refractivity contribution is 6.19. The van der Waals surface area contributed by atoms with E-state index in [-0.39, 0.29) is 11.3 Å². The first-order chi connectivity index (χ1) is 4.72. The normalized spacial score (nSPS) is 9.00. The van der Waals surface area contributed by atoms with E-state index < -0.39 is 0 Å². The summed E-state index contributed by atoms with van der Waals surface area (Å²) in [5.41, 5.74) is 0. The average Bonchev–Trinajstić information content (AvgIpc) is 1.87. The molecule has 3 nitrogen and oxygen atoms in total. The number of rotatable bonds is 4. The largest absolute Gasteiger partial charge is 0.511 e. The fraction of sp³-hybridized carbons (Fsp3) is 0.667. The van der Waals surface area contributed by atoms with Crippen molar-refractivity contribution in [3.63, 3.8) is 0 Å². The van der Waals surface area contributed by atoms with E-state index in [4.69, 9.17) is 14.6 Å². The van der Waals surface area contributed by atoms with Gasteiger partial charge in [0.1, 0.15) is 5.38 Å². The van der Waals surface area contributed by atoms with Crippen molar-refractivity contribution < 1.29 is 14.6 Å². The number of aliphatic hydroxyl groups excluding tert-OH is 1. The summed E-state index contributed by atoms with van der Waals surface area (Å²) in [4.78, 5) is 0. The second kappa shape index (κ2) is 5.17. The van der Waals surface area contributed by atoms with Crippen LogP contribution < -0.4 is 0 Å². The van der Waals surface area contributed by atoms with Crippen LogP contribution in [0.5, 0.6) is 0 Å². The Morgan fingerprint density at radius 1 is 1.30 bits per heavy atom. The molecule has 0 atom stereocenters. The van der Waals surface area contributed by atoms with Gasteiger partial charge in [0.15, 0.2) is 0 Å². The first-order valence-corrected chi connectivity index (χ1v) is 4.37. The van der Waals surface area contributed by atoms with Crippen molar-refractivity contribution in [2.45, 2.75) is 13.8 Å². The van der Waals surface area contributed by atoms with Crippen LogP contribution in [0.2, 0.25) is 0 Å². The molecule has 0 aromatic carbocycles. The van der Waals surface area contributed by atoms with Crippen molar-refractivity contribution in [3.8, 4) is 0 Å². The molecule has 0 unspecified atom stereocenters. The highest BCUT2D eigenvalue weighted by atomic mass is 28.1. The molecule has 0 fully saturated rings. The second-order valence-electron chi connectivity index (χ2n) is 1.74. The van der Waals surface area contributed by atoms with E-state index >= 15 is 0 Å². The third-order valence-corrected chi connectivity index (χ3v) is 1.25. The predicted octanol–water partition coefficient (Wildman–Crippen LogP) is 0.109. The number of hydrogen-bond donors (Lipinski definition) is 1. The molecule has 0 heterocycles. The molecule has 0 radical (unpaired) electrons. The molecule has 0 aromatic rings. The van der Waals surface area contributed by atoms with E-state index in [0.29, 0.717) is 23.5 Å². The van der Waals surface area contributed by atoms with Gasteiger partial charge >= 0.3 is 5.95 Å². The van der Waals surface area contributed by atoms with Crippen LogP contribution in [0.1, 0.15) is 13.8 Å². The van der Waals surface area contributed by atoms with Gasteiger partial charge in [-0.05, 0) is 13.8 Å². The molecule has 0 amide bonds. The molecule has 0 aliphatic carbocycles. The topological polar surface area (TPSA) is 38.7 Å². The SMILES string of the molecule is CCOC(OCC)=C(O)[SiH3]. The van der Waals surface area contributed by atoms with Crippen molar-refractivity contribution >= 4 is 10.2 Å². The number of aliphatic hydroxyl groups is 1. The van der Waals surface area contributed by atoms with Gasteiger partial charge in [0, 0.05) is 0 Å². The smallest absolute Gasteiger partial charge is 0.312 e. The van der Waals surface area contributed by atoms with Crippen LogP contribution in [0.3, 0.4) is 0 Å². The summed E-state index contributed by atoms with van der Waals surface area (Å²) in [6.45, 7) is 4.76. The lowest BCUT2D eigenvalue weighted by Crippen LogP contribution is -2.01. The van der Waals surface area contributed by atoms with Crippen LogP contribution in [0, 0.1) is 0 Å². The zero-order valence-electron chi connectivity index (χ0n) is 6.68. The van der Waals surface area contributed by atoms with E-state index in [0.717, 1.165) is 0 Å². The van der Waals surface area contributed by atoms with E-state index in [9.17, 15) is 0 Å². The second-order valence-corrected chi connectivity index (χ2v) is 2.69. The van der Waals surface area contributed by atoms with Gasteiger partial charge in [-0.3, -0.25) is 0 Å². The molecule has 60 valence electrons. The Labute approximate surface area is 64.1 Å². The molecule has 0 aliphatic rings. The molecule has 0 spiro atoms. The Balaban J connectivity index is 3.86. The molecule has 0 saturated carbocycles. The van der Waals surface area contributed by atoms with E-state index in [1.54, 1.807) is 0 Å². The van der Waals surface area contributed by atoms with Crippen molar-refractivity contribution in [3.05, 3.63) is 11.3 Å². The molecule has 0 bridgehead atoms. The van der Waals surface area contributed by atoms with Crippen molar-refractivity contribution in [1.29, 1.82) is 0 Å². The lowest BCUT2D eigenvalue weighted by atomic mass is 10.8. The Morgan fingerprint density at radius 3 is 1.90 bits per heavy atom. The fourth-order valence-corrected chi connectivity index (χ4v) is 0.801. The predicted molar refractivity (Wildman–Crippen MR) is 42.8 cm³/mol. The van der Waals surface area contributed by atoms with Gasteiger partial charge in [-0.2, -0.15) is 0 Å². The Hall–Kier alpha value is -0.643. The maximum Gasteiger partial charge on any atom is 0.312 e. The zero-order chi connectivity index (χ0) is 7.98. The molecule has 0 rings (SSSR count). The van der Waals surface area contributed by atoms with E-state index in [1.165, 1.54) is 0 Å². The summed E-state index contributed by atoms with van der Waals surface area (Å²) in [5.74, 6) is 0.289. The highest BCUT2D eigenvalue weighted by Crippen LogP contribution is 2.01. The summed E-state index contributed by atoms with van der Waals surface area (Å²) >= 11 is 0. The summed E-state index contributed by atoms with van der Waals surface area (Å²) in [7, 11) is 0.566. The molecule has 0 saturated heterocycles. The molecule has 10 heavy (non-hydrogen) atoms. The lowest BCUT2D eigenvalue weighted by molar-refractivity contribution is 0.0351. The number of hydrogen-bond acceptors (Lipinski definition) is 3. The Morgan fingerprint density at radius 2 is 1.70 bits per heavy atom. The van der Waals surface area contributed by atoms with Crippen LogP contribution in [0.25, 0.3) is 0 Å². The Bertz CT molecular complexity index is 110.